The molecule has 16 rings (SSSR count). The molecule has 27 nitrogen and oxygen atoms in total. The second-order valence-corrected chi connectivity index (χ2v) is 24.3. The highest BCUT2D eigenvalue weighted by molar-refractivity contribution is 5.81. The lowest BCUT2D eigenvalue weighted by atomic mass is 10.2. The molecule has 0 aliphatic carbocycles. The van der Waals surface area contributed by atoms with Gasteiger partial charge in [-0.2, -0.15) is 48.7 Å². The van der Waals surface area contributed by atoms with Gasteiger partial charge in [-0.15, -0.1) is 0 Å². The minimum atomic E-state index is -0.711. The van der Waals surface area contributed by atoms with Crippen molar-refractivity contribution in [3.8, 4) is 35.3 Å². The molecule has 12 N–H and O–H groups in total. The number of fused-ring (bicyclic) bond motifs is 4. The van der Waals surface area contributed by atoms with Crippen molar-refractivity contribution in [3.05, 3.63) is 247 Å². The van der Waals surface area contributed by atoms with E-state index >= 15 is 0 Å². The van der Waals surface area contributed by atoms with Crippen LogP contribution in [0.4, 0.5) is 83.8 Å². The molecule has 29 heteroatoms. The Morgan fingerprint density at radius 3 is 0.953 bits per heavy atom. The van der Waals surface area contributed by atoms with E-state index in [0.29, 0.717) is 63.9 Å². The molecule has 0 radical (unpaired) electrons. The maximum atomic E-state index is 14.5. The third kappa shape index (κ3) is 15.4. The Morgan fingerprint density at radius 2 is 0.632 bits per heavy atom. The number of nitrogens with zero attached hydrogens (tertiary/aromatic N) is 17. The summed E-state index contributed by atoms with van der Waals surface area (Å²) in [4.78, 5) is 55.1. The Balaban J connectivity index is 0.000000125. The fourth-order valence-corrected chi connectivity index (χ4v) is 11.5. The number of imidazole rings is 4. The molecule has 0 spiro atoms. The third-order valence-corrected chi connectivity index (χ3v) is 16.6. The first-order valence-electron chi connectivity index (χ1n) is 33.2. The zero-order chi connectivity index (χ0) is 74.3. The molecule has 0 aliphatic heterocycles. The van der Waals surface area contributed by atoms with Gasteiger partial charge in [0.25, 0.3) is 0 Å². The van der Waals surface area contributed by atoms with Crippen LogP contribution in [-0.4, -0.2) is 106 Å². The molecule has 0 amide bonds. The number of rotatable bonds is 15. The normalized spacial score (nSPS) is 10.9. The van der Waals surface area contributed by atoms with Gasteiger partial charge in [-0.3, -0.25) is 18.3 Å². The number of aromatic nitrogens is 16. The van der Waals surface area contributed by atoms with Crippen molar-refractivity contribution in [2.45, 2.75) is 34.6 Å². The van der Waals surface area contributed by atoms with E-state index in [-0.39, 0.29) is 35.2 Å². The first-order valence-corrected chi connectivity index (χ1v) is 33.2. The molecule has 8 aromatic heterocycles. The van der Waals surface area contributed by atoms with Gasteiger partial charge in [-0.25, -0.2) is 19.9 Å². The van der Waals surface area contributed by atoms with E-state index < -0.39 is 11.6 Å². The Bertz CT molecular complexity index is 5820. The lowest BCUT2D eigenvalue weighted by Gasteiger charge is -2.14. The highest BCUT2D eigenvalue weighted by Crippen LogP contribution is 2.31. The molecule has 16 aromatic rings. The van der Waals surface area contributed by atoms with Crippen molar-refractivity contribution in [2.75, 3.05) is 77.4 Å². The van der Waals surface area contributed by atoms with Gasteiger partial charge >= 0.3 is 0 Å². The molecule has 0 fully saturated rings. The minimum Gasteiger partial charge on any atom is -0.497 e. The van der Waals surface area contributed by atoms with Crippen LogP contribution in [0.25, 0.3) is 67.9 Å². The summed E-state index contributed by atoms with van der Waals surface area (Å²) in [5.41, 5.74) is 36.0. The number of nitrogen functional groups attached to an aromatic ring is 4. The predicted molar refractivity (Wildman–Crippen MR) is 414 cm³/mol. The molecular formula is C77H73F2N25O2. The highest BCUT2D eigenvalue weighted by Gasteiger charge is 2.21. The molecule has 0 unspecified atom stereocenters. The SMILES string of the molecule is COc1ccc(Nc2cc(N)nc(-n3c(C)nc4ccccc43)n2)cc1.COc1ccc(Nc2nc(-n3c(C)nc4ccccc43)nc(N)c2F)cc1.Cc1ccc(Nc2nc(-n3c(C)nc4ccccc43)nc(N)c2F)cc1.Cc1nc2ccccc2n1-c1nc(N)cc(Nc2ccc(N(C)C)cc2)n1. The maximum absolute atomic E-state index is 14.5. The second-order valence-electron chi connectivity index (χ2n) is 24.3. The van der Waals surface area contributed by atoms with Crippen molar-refractivity contribution in [1.29, 1.82) is 0 Å². The number of methoxy groups -OCH3 is 2. The first kappa shape index (κ1) is 70.1. The molecular weight excluding hydrogens is 1350 g/mol. The summed E-state index contributed by atoms with van der Waals surface area (Å²) in [6.07, 6.45) is 0. The Hall–Kier alpha value is -14.4. The van der Waals surface area contributed by atoms with Crippen LogP contribution < -0.4 is 58.6 Å². The number of nitrogens with one attached hydrogen (secondary N) is 4. The Labute approximate surface area is 606 Å². The van der Waals surface area contributed by atoms with Gasteiger partial charge < -0.3 is 58.6 Å². The monoisotopic (exact) mass is 1420 g/mol. The van der Waals surface area contributed by atoms with Gasteiger partial charge in [0.2, 0.25) is 35.4 Å². The summed E-state index contributed by atoms with van der Waals surface area (Å²) >= 11 is 0. The van der Waals surface area contributed by atoms with Gasteiger partial charge in [-0.1, -0.05) is 66.2 Å². The number of hydrogen-bond acceptors (Lipinski definition) is 23. The van der Waals surface area contributed by atoms with Crippen LogP contribution in [-0.2, 0) is 0 Å². The van der Waals surface area contributed by atoms with Crippen LogP contribution in [0.2, 0.25) is 0 Å². The molecule has 0 bridgehead atoms. The average Bonchev–Trinajstić information content (AvgIpc) is 1.64. The van der Waals surface area contributed by atoms with Crippen LogP contribution >= 0.6 is 0 Å². The summed E-state index contributed by atoms with van der Waals surface area (Å²) in [6, 6.07) is 64.6. The first-order chi connectivity index (χ1) is 51.2. The molecule has 532 valence electrons. The van der Waals surface area contributed by atoms with E-state index in [4.69, 9.17) is 32.4 Å². The second kappa shape index (κ2) is 30.4. The molecule has 106 heavy (non-hydrogen) atoms. The van der Waals surface area contributed by atoms with E-state index in [0.717, 1.165) is 84.2 Å². The summed E-state index contributed by atoms with van der Waals surface area (Å²) in [7, 11) is 7.24. The van der Waals surface area contributed by atoms with Gasteiger partial charge in [0, 0.05) is 54.7 Å². The van der Waals surface area contributed by atoms with E-state index in [1.807, 2.05) is 228 Å². The summed E-state index contributed by atoms with van der Waals surface area (Å²) in [5, 5.41) is 12.5. The summed E-state index contributed by atoms with van der Waals surface area (Å²) in [6.45, 7) is 9.51. The van der Waals surface area contributed by atoms with Crippen LogP contribution in [0.3, 0.4) is 0 Å². The molecule has 0 saturated carbocycles. The number of ether oxygens (including phenoxy) is 2. The number of halogens is 2. The largest absolute Gasteiger partial charge is 0.497 e. The lowest BCUT2D eigenvalue weighted by molar-refractivity contribution is 0.415. The van der Waals surface area contributed by atoms with Crippen LogP contribution in [0.15, 0.2) is 206 Å². The fourth-order valence-electron chi connectivity index (χ4n) is 11.5. The predicted octanol–water partition coefficient (Wildman–Crippen LogP) is 14.5. The van der Waals surface area contributed by atoms with Gasteiger partial charge in [0.05, 0.1) is 58.4 Å². The van der Waals surface area contributed by atoms with Crippen LogP contribution in [0, 0.1) is 46.3 Å². The zero-order valence-electron chi connectivity index (χ0n) is 59.1. The zero-order valence-corrected chi connectivity index (χ0v) is 59.1. The number of aryl methyl sites for hydroxylation is 5. The Morgan fingerprint density at radius 1 is 0.340 bits per heavy atom. The Kier molecular flexibility index (Phi) is 20.1. The smallest absolute Gasteiger partial charge is 0.239 e. The van der Waals surface area contributed by atoms with E-state index in [1.54, 1.807) is 59.8 Å². The topological polar surface area (TPSA) is 348 Å². The van der Waals surface area contributed by atoms with Crippen molar-refractivity contribution in [2.24, 2.45) is 0 Å². The number of anilines is 13. The van der Waals surface area contributed by atoms with Gasteiger partial charge in [0.15, 0.2) is 23.3 Å². The quantitative estimate of drug-likeness (QED) is 0.0472. The van der Waals surface area contributed by atoms with Crippen molar-refractivity contribution in [1.82, 2.24) is 78.1 Å². The number of benzene rings is 8. The van der Waals surface area contributed by atoms with Gasteiger partial charge in [-0.05, 0) is 168 Å². The van der Waals surface area contributed by atoms with Crippen molar-refractivity contribution in [3.63, 3.8) is 0 Å². The number of para-hydroxylation sites is 8. The van der Waals surface area contributed by atoms with Crippen LogP contribution in [0.5, 0.6) is 11.5 Å². The minimum absolute atomic E-state index is 0.0140. The number of nitrogens with two attached hydrogens (primary N) is 4. The van der Waals surface area contributed by atoms with E-state index in [1.165, 1.54) is 0 Å². The van der Waals surface area contributed by atoms with E-state index in [2.05, 4.69) is 86.0 Å². The molecule has 0 saturated heterocycles. The van der Waals surface area contributed by atoms with E-state index in [9.17, 15) is 8.78 Å². The molecule has 8 heterocycles. The molecule has 8 aromatic carbocycles. The van der Waals surface area contributed by atoms with Crippen molar-refractivity contribution >= 4 is 119 Å². The number of hydrogen-bond donors (Lipinski definition) is 8. The van der Waals surface area contributed by atoms with Crippen LogP contribution in [0.1, 0.15) is 28.9 Å². The molecule has 0 aliphatic rings. The summed E-state index contributed by atoms with van der Waals surface area (Å²) < 4.78 is 46.6. The summed E-state index contributed by atoms with van der Waals surface area (Å²) in [5.74, 6) is 6.11. The maximum Gasteiger partial charge on any atom is 0.239 e. The standard InChI is InChI=1S/C20H21N7.C19H17FN6O.C19H17FN6.C19H18N6O/c1-13-22-16-6-4-5-7-17(16)27(13)20-24-18(21)12-19(25-20)23-14-8-10-15(11-9-14)26(2)3;1-11-22-14-5-3-4-6-15(14)26(11)19-24-17(21)16(20)18(25-19)23-12-7-9-13(27-2)10-8-12;1-11-7-9-13(10-8-11)23-18-16(20)17(21)24-19(25-18)26-12(2)22-14-5-3-4-6-15(14)26;1-12-21-15-5-3-4-6-16(15)25(12)19-23-17(20)11-18(24-19)22-13-7-9-14(26-2)10-8-13/h4-12H,1-3H3,(H3,21,23,24,25);3-10H,1-2H3,(H3,21,23,24,25);3-10H,1-2H3,(H3,21,23,24,25);3-11H,1-2H3,(H3,20,22,23,24). The molecule has 0 atom stereocenters. The van der Waals surface area contributed by atoms with Crippen molar-refractivity contribution < 1.29 is 18.3 Å². The lowest BCUT2D eigenvalue weighted by Crippen LogP contribution is -2.10. The average molecular weight is 1420 g/mol. The highest BCUT2D eigenvalue weighted by atomic mass is 19.1. The third-order valence-electron chi connectivity index (χ3n) is 16.6. The fraction of sp³-hybridized carbons (Fsp3) is 0.117. The van der Waals surface area contributed by atoms with Gasteiger partial charge in [0.1, 0.15) is 58.1 Å².